The number of carbonyl (C=O) groups is 1. The van der Waals surface area contributed by atoms with Crippen molar-refractivity contribution >= 4 is 27.3 Å². The molecule has 0 saturated heterocycles. The smallest absolute Gasteiger partial charge is 0.264 e. The van der Waals surface area contributed by atoms with Crippen molar-refractivity contribution in [2.75, 3.05) is 16.2 Å². The average molecular weight is 437 g/mol. The quantitative estimate of drug-likeness (QED) is 0.566. The number of sulfonamides is 1. The van der Waals surface area contributed by atoms with E-state index in [1.807, 2.05) is 58.0 Å². The van der Waals surface area contributed by atoms with Crippen LogP contribution in [-0.2, 0) is 21.2 Å². The van der Waals surface area contributed by atoms with Crippen molar-refractivity contribution < 1.29 is 13.2 Å². The summed E-state index contributed by atoms with van der Waals surface area (Å²) in [6.45, 7) is 7.37. The van der Waals surface area contributed by atoms with Gasteiger partial charge in [0.1, 0.15) is 6.54 Å². The second-order valence-electron chi connectivity index (χ2n) is 7.62. The van der Waals surface area contributed by atoms with Crippen molar-refractivity contribution in [3.05, 3.63) is 89.0 Å². The molecule has 0 aliphatic carbocycles. The lowest BCUT2D eigenvalue weighted by atomic mass is 10.1. The van der Waals surface area contributed by atoms with Crippen LogP contribution >= 0.6 is 0 Å². The van der Waals surface area contributed by atoms with Gasteiger partial charge in [-0.05, 0) is 62.1 Å². The second-order valence-corrected chi connectivity index (χ2v) is 9.48. The first kappa shape index (κ1) is 22.6. The lowest BCUT2D eigenvalue weighted by Gasteiger charge is -2.26. The summed E-state index contributed by atoms with van der Waals surface area (Å²) < 4.78 is 28.4. The van der Waals surface area contributed by atoms with E-state index in [0.29, 0.717) is 17.8 Å². The Morgan fingerprint density at radius 2 is 1.48 bits per heavy atom. The zero-order valence-electron chi connectivity index (χ0n) is 18.3. The van der Waals surface area contributed by atoms with Gasteiger partial charge in [0.25, 0.3) is 10.0 Å². The van der Waals surface area contributed by atoms with E-state index >= 15 is 0 Å². The molecule has 0 saturated carbocycles. The highest BCUT2D eigenvalue weighted by Crippen LogP contribution is 2.28. The number of hydrogen-bond donors (Lipinski definition) is 1. The molecular weight excluding hydrogens is 408 g/mol. The molecule has 0 radical (unpaired) electrons. The highest BCUT2D eigenvalue weighted by molar-refractivity contribution is 7.92. The fraction of sp³-hybridized carbons (Fsp3) is 0.240. The predicted octanol–water partition coefficient (Wildman–Crippen LogP) is 5.01. The number of hydrogen-bond acceptors (Lipinski definition) is 3. The SMILES string of the molecule is CCc1ccccc1N(CC(=O)Nc1c(C)cccc1C)S(=O)(=O)c1ccc(C)cc1. The summed E-state index contributed by atoms with van der Waals surface area (Å²) in [7, 11) is -3.94. The highest BCUT2D eigenvalue weighted by Gasteiger charge is 2.28. The molecule has 3 aromatic carbocycles. The van der Waals surface area contributed by atoms with Crippen LogP contribution in [0.25, 0.3) is 0 Å². The van der Waals surface area contributed by atoms with Crippen LogP contribution in [0.4, 0.5) is 11.4 Å². The zero-order chi connectivity index (χ0) is 22.6. The lowest BCUT2D eigenvalue weighted by molar-refractivity contribution is -0.114. The molecule has 162 valence electrons. The van der Waals surface area contributed by atoms with Gasteiger partial charge in [-0.2, -0.15) is 0 Å². The van der Waals surface area contributed by atoms with Crippen molar-refractivity contribution in [3.8, 4) is 0 Å². The molecule has 0 heterocycles. The molecule has 0 atom stereocenters. The van der Waals surface area contributed by atoms with Crippen LogP contribution in [0.3, 0.4) is 0 Å². The number of para-hydroxylation sites is 2. The summed E-state index contributed by atoms with van der Waals surface area (Å²) in [5.41, 5.74) is 4.90. The Balaban J connectivity index is 2.02. The first-order valence-corrected chi connectivity index (χ1v) is 11.7. The second kappa shape index (κ2) is 9.35. The number of amides is 1. The molecule has 0 aliphatic rings. The Bertz CT molecular complexity index is 1170. The summed E-state index contributed by atoms with van der Waals surface area (Å²) >= 11 is 0. The van der Waals surface area contributed by atoms with E-state index in [9.17, 15) is 13.2 Å². The number of benzene rings is 3. The van der Waals surface area contributed by atoms with Gasteiger partial charge in [-0.1, -0.05) is 61.0 Å². The Hall–Kier alpha value is -3.12. The predicted molar refractivity (Wildman–Crippen MR) is 126 cm³/mol. The molecule has 5 nitrogen and oxygen atoms in total. The highest BCUT2D eigenvalue weighted by atomic mass is 32.2. The van der Waals surface area contributed by atoms with Crippen molar-refractivity contribution in [3.63, 3.8) is 0 Å². The number of carbonyl (C=O) groups excluding carboxylic acids is 1. The topological polar surface area (TPSA) is 66.5 Å². The van der Waals surface area contributed by atoms with Crippen molar-refractivity contribution in [2.24, 2.45) is 0 Å². The lowest BCUT2D eigenvalue weighted by Crippen LogP contribution is -2.38. The minimum Gasteiger partial charge on any atom is -0.324 e. The van der Waals surface area contributed by atoms with Crippen LogP contribution in [0.1, 0.15) is 29.2 Å². The number of anilines is 2. The summed E-state index contributed by atoms with van der Waals surface area (Å²) in [4.78, 5) is 13.2. The van der Waals surface area contributed by atoms with Crippen LogP contribution in [-0.4, -0.2) is 20.9 Å². The average Bonchev–Trinajstić information content (AvgIpc) is 2.75. The maximum absolute atomic E-state index is 13.6. The monoisotopic (exact) mass is 436 g/mol. The molecule has 0 fully saturated rings. The molecule has 3 aromatic rings. The van der Waals surface area contributed by atoms with E-state index in [-0.39, 0.29) is 17.3 Å². The summed E-state index contributed by atoms with van der Waals surface area (Å²) in [6.07, 6.45) is 0.647. The molecular formula is C25H28N2O3S. The van der Waals surface area contributed by atoms with Gasteiger partial charge in [0.2, 0.25) is 5.91 Å². The molecule has 0 aromatic heterocycles. The third-order valence-electron chi connectivity index (χ3n) is 5.28. The summed E-state index contributed by atoms with van der Waals surface area (Å²) in [6, 6.07) is 19.7. The first-order chi connectivity index (χ1) is 14.7. The Kier molecular flexibility index (Phi) is 6.81. The van der Waals surface area contributed by atoms with E-state index in [2.05, 4.69) is 5.32 Å². The maximum atomic E-state index is 13.6. The van der Waals surface area contributed by atoms with Crippen LogP contribution in [0.2, 0.25) is 0 Å². The van der Waals surface area contributed by atoms with Gasteiger partial charge in [0.05, 0.1) is 10.6 Å². The van der Waals surface area contributed by atoms with Crippen molar-refractivity contribution in [1.82, 2.24) is 0 Å². The first-order valence-electron chi connectivity index (χ1n) is 10.3. The molecule has 0 aliphatic heterocycles. The Morgan fingerprint density at radius 1 is 0.871 bits per heavy atom. The standard InChI is InChI=1S/C25H28N2O3S/c1-5-21-11-6-7-12-23(21)27(31(29,30)22-15-13-18(2)14-16-22)17-24(28)26-25-19(3)9-8-10-20(25)4/h6-16H,5,17H2,1-4H3,(H,26,28). The van der Waals surface area contributed by atoms with E-state index < -0.39 is 10.0 Å². The fourth-order valence-corrected chi connectivity index (χ4v) is 4.97. The number of aryl methyl sites for hydroxylation is 4. The molecule has 0 unspecified atom stereocenters. The fourth-order valence-electron chi connectivity index (χ4n) is 3.51. The molecule has 1 amide bonds. The van der Waals surface area contributed by atoms with Crippen molar-refractivity contribution in [2.45, 2.75) is 39.0 Å². The van der Waals surface area contributed by atoms with Crippen LogP contribution < -0.4 is 9.62 Å². The van der Waals surface area contributed by atoms with E-state index in [0.717, 1.165) is 22.3 Å². The van der Waals surface area contributed by atoms with Crippen molar-refractivity contribution in [1.29, 1.82) is 0 Å². The molecule has 0 bridgehead atoms. The minimum atomic E-state index is -3.94. The normalized spacial score (nSPS) is 11.2. The molecule has 6 heteroatoms. The van der Waals surface area contributed by atoms with Gasteiger partial charge in [0, 0.05) is 5.69 Å². The van der Waals surface area contributed by atoms with Gasteiger partial charge in [-0.3, -0.25) is 9.10 Å². The Labute approximate surface area is 184 Å². The summed E-state index contributed by atoms with van der Waals surface area (Å²) in [5.74, 6) is -0.390. The number of nitrogens with zero attached hydrogens (tertiary/aromatic N) is 1. The third kappa shape index (κ3) is 4.97. The van der Waals surface area contributed by atoms with Gasteiger partial charge in [-0.15, -0.1) is 0 Å². The van der Waals surface area contributed by atoms with Gasteiger partial charge < -0.3 is 5.32 Å². The van der Waals surface area contributed by atoms with Gasteiger partial charge in [0.15, 0.2) is 0 Å². The van der Waals surface area contributed by atoms with E-state index in [1.54, 1.807) is 36.4 Å². The molecule has 31 heavy (non-hydrogen) atoms. The zero-order valence-corrected chi connectivity index (χ0v) is 19.2. The number of rotatable bonds is 7. The number of nitrogens with one attached hydrogen (secondary N) is 1. The molecule has 0 spiro atoms. The van der Waals surface area contributed by atoms with Gasteiger partial charge >= 0.3 is 0 Å². The minimum absolute atomic E-state index is 0.156. The maximum Gasteiger partial charge on any atom is 0.264 e. The Morgan fingerprint density at radius 3 is 2.10 bits per heavy atom. The molecule has 3 rings (SSSR count). The van der Waals surface area contributed by atoms with Gasteiger partial charge in [-0.25, -0.2) is 8.42 Å². The van der Waals surface area contributed by atoms with Crippen LogP contribution in [0, 0.1) is 20.8 Å². The van der Waals surface area contributed by atoms with E-state index in [1.165, 1.54) is 4.31 Å². The van der Waals surface area contributed by atoms with Crippen LogP contribution in [0.5, 0.6) is 0 Å². The largest absolute Gasteiger partial charge is 0.324 e. The molecule has 1 N–H and O–H groups in total. The van der Waals surface area contributed by atoms with E-state index in [4.69, 9.17) is 0 Å². The van der Waals surface area contributed by atoms with Crippen LogP contribution in [0.15, 0.2) is 71.6 Å². The third-order valence-corrected chi connectivity index (χ3v) is 7.06. The summed E-state index contributed by atoms with van der Waals surface area (Å²) in [5, 5.41) is 2.90.